The van der Waals surface area contributed by atoms with Crippen LogP contribution in [0.3, 0.4) is 0 Å². The van der Waals surface area contributed by atoms with E-state index >= 15 is 0 Å². The summed E-state index contributed by atoms with van der Waals surface area (Å²) in [4.78, 5) is 4.81. The number of para-hydroxylation sites is 1. The van der Waals surface area contributed by atoms with E-state index in [9.17, 15) is 0 Å². The summed E-state index contributed by atoms with van der Waals surface area (Å²) in [6.45, 7) is 9.75. The molecule has 0 radical (unpaired) electrons. The Morgan fingerprint density at radius 2 is 0.846 bits per heavy atom. The van der Waals surface area contributed by atoms with Crippen LogP contribution >= 0.6 is 22.7 Å². The van der Waals surface area contributed by atoms with Crippen molar-refractivity contribution in [3.8, 4) is 11.1 Å². The fourth-order valence-electron chi connectivity index (χ4n) is 8.31. The zero-order chi connectivity index (χ0) is 44.5. The predicted molar refractivity (Wildman–Crippen MR) is 288 cm³/mol. The number of benzene rings is 9. The molecule has 9 aromatic carbocycles. The van der Waals surface area contributed by atoms with Gasteiger partial charge in [0.15, 0.2) is 0 Å². The highest BCUT2D eigenvalue weighted by molar-refractivity contribution is 7.26. The lowest BCUT2D eigenvalue weighted by Crippen LogP contribution is -2.13. The van der Waals surface area contributed by atoms with Gasteiger partial charge in [-0.3, -0.25) is 0 Å². The van der Waals surface area contributed by atoms with Crippen molar-refractivity contribution in [2.24, 2.45) is 0 Å². The van der Waals surface area contributed by atoms with Crippen LogP contribution in [0.2, 0.25) is 0 Å². The van der Waals surface area contributed by atoms with Gasteiger partial charge >= 0.3 is 0 Å². The van der Waals surface area contributed by atoms with Crippen molar-refractivity contribution in [2.45, 2.75) is 20.8 Å². The number of nitrogens with zero attached hydrogens (tertiary/aromatic N) is 2. The smallest absolute Gasteiger partial charge is 0.0492 e. The number of rotatable bonds is 8. The summed E-state index contributed by atoms with van der Waals surface area (Å²) in [6, 6.07) is 78.7. The maximum atomic E-state index is 3.46. The van der Waals surface area contributed by atoms with Gasteiger partial charge in [0, 0.05) is 74.5 Å². The molecule has 2 heterocycles. The Labute approximate surface area is 390 Å². The maximum Gasteiger partial charge on any atom is 0.0492 e. The summed E-state index contributed by atoms with van der Waals surface area (Å²) in [5.41, 5.74) is 11.7. The molecule has 0 unspecified atom stereocenters. The molecule has 0 fully saturated rings. The lowest BCUT2D eigenvalue weighted by Gasteiger charge is -2.30. The normalized spacial score (nSPS) is 11.0. The van der Waals surface area contributed by atoms with E-state index in [4.69, 9.17) is 0 Å². The molecule has 65 heavy (non-hydrogen) atoms. The molecule has 0 aliphatic heterocycles. The minimum atomic E-state index is 1.12. The Balaban J connectivity index is 0.000000391. The molecular weight excluding hydrogens is 825 g/mol. The van der Waals surface area contributed by atoms with Crippen molar-refractivity contribution >= 4 is 97.1 Å². The van der Waals surface area contributed by atoms with E-state index in [-0.39, 0.29) is 0 Å². The molecular formula is C61H50N2S2. The van der Waals surface area contributed by atoms with E-state index in [0.717, 1.165) is 34.1 Å². The van der Waals surface area contributed by atoms with Crippen LogP contribution in [-0.4, -0.2) is 0 Å². The average Bonchev–Trinajstić information content (AvgIpc) is 3.92. The molecule has 0 bridgehead atoms. The lowest BCUT2D eigenvalue weighted by atomic mass is 10.0. The van der Waals surface area contributed by atoms with Gasteiger partial charge in [0.05, 0.1) is 0 Å². The van der Waals surface area contributed by atoms with Crippen molar-refractivity contribution in [3.63, 3.8) is 0 Å². The second-order valence-corrected chi connectivity index (χ2v) is 18.0. The minimum Gasteiger partial charge on any atom is -0.310 e. The molecule has 11 aromatic rings. The summed E-state index contributed by atoms with van der Waals surface area (Å²) in [5.74, 6) is 0. The minimum absolute atomic E-state index is 1.12. The highest BCUT2D eigenvalue weighted by atomic mass is 32.1. The summed E-state index contributed by atoms with van der Waals surface area (Å²) in [6.07, 6.45) is 5.58. The Morgan fingerprint density at radius 1 is 0.385 bits per heavy atom. The standard InChI is InChI=1S/C49H34N2S2.C7H8.C5H8/c1-33-29-38(50(36-16-6-3-7-17-36)39-24-27-48-43(31-39)41-19-8-10-21-46(41)52-48)23-26-45(33)51(37-18-12-15-35(30-37)34-13-4-2-5-14-34)40-25-28-49-44(32-40)42-20-9-11-22-47(42)53-49;1-7-5-3-2-4-6-7;1-3-5-4-2/h2-32H,1H3;2-6H,1H3;3-5H,1H2,2H3/b;;5-4-. The summed E-state index contributed by atoms with van der Waals surface area (Å²) >= 11 is 3.71. The highest BCUT2D eigenvalue weighted by Gasteiger charge is 2.20. The first-order chi connectivity index (χ1) is 32.0. The molecule has 0 atom stereocenters. The molecule has 11 rings (SSSR count). The van der Waals surface area contributed by atoms with Gasteiger partial charge in [-0.25, -0.2) is 0 Å². The topological polar surface area (TPSA) is 6.48 Å². The molecule has 0 aliphatic rings. The van der Waals surface area contributed by atoms with E-state index < -0.39 is 0 Å². The number of anilines is 6. The van der Waals surface area contributed by atoms with E-state index in [1.807, 2.05) is 59.9 Å². The summed E-state index contributed by atoms with van der Waals surface area (Å²) < 4.78 is 5.23. The summed E-state index contributed by atoms with van der Waals surface area (Å²) in [7, 11) is 0. The second-order valence-electron chi connectivity index (χ2n) is 15.9. The SMILES string of the molecule is C=C/C=C\C.Cc1cc(N(c2ccccc2)c2ccc3sc4ccccc4c3c2)ccc1N(c1cccc(-c2ccccc2)c1)c1ccc2sc3ccccc3c2c1.Cc1ccccc1. The Morgan fingerprint density at radius 3 is 1.38 bits per heavy atom. The molecule has 0 amide bonds. The predicted octanol–water partition coefficient (Wildman–Crippen LogP) is 19.1. The average molecular weight is 875 g/mol. The number of hydrogen-bond acceptors (Lipinski definition) is 4. The third-order valence-electron chi connectivity index (χ3n) is 11.4. The Kier molecular flexibility index (Phi) is 13.1. The van der Waals surface area contributed by atoms with Gasteiger partial charge in [-0.1, -0.05) is 158 Å². The van der Waals surface area contributed by atoms with Gasteiger partial charge in [-0.15, -0.1) is 22.7 Å². The van der Waals surface area contributed by atoms with Crippen LogP contribution in [0.1, 0.15) is 18.1 Å². The number of aryl methyl sites for hydroxylation is 2. The monoisotopic (exact) mass is 874 g/mol. The molecule has 0 aliphatic carbocycles. The molecule has 4 heteroatoms. The first kappa shape index (κ1) is 42.8. The van der Waals surface area contributed by atoms with Gasteiger partial charge < -0.3 is 9.80 Å². The van der Waals surface area contributed by atoms with Crippen LogP contribution in [0.25, 0.3) is 51.5 Å². The first-order valence-electron chi connectivity index (χ1n) is 22.0. The van der Waals surface area contributed by atoms with Gasteiger partial charge in [-0.05, 0) is 128 Å². The zero-order valence-electron chi connectivity index (χ0n) is 36.9. The third kappa shape index (κ3) is 9.42. The van der Waals surface area contributed by atoms with Crippen LogP contribution in [0.5, 0.6) is 0 Å². The zero-order valence-corrected chi connectivity index (χ0v) is 38.6. The fraction of sp³-hybridized carbons (Fsp3) is 0.0492. The van der Waals surface area contributed by atoms with Gasteiger partial charge in [0.1, 0.15) is 0 Å². The van der Waals surface area contributed by atoms with E-state index in [1.165, 1.54) is 62.6 Å². The van der Waals surface area contributed by atoms with Crippen molar-refractivity contribution < 1.29 is 0 Å². The molecule has 2 aromatic heterocycles. The van der Waals surface area contributed by atoms with Gasteiger partial charge in [0.2, 0.25) is 0 Å². The first-order valence-corrected chi connectivity index (χ1v) is 23.6. The van der Waals surface area contributed by atoms with Gasteiger partial charge in [0.25, 0.3) is 0 Å². The molecule has 316 valence electrons. The van der Waals surface area contributed by atoms with Gasteiger partial charge in [-0.2, -0.15) is 0 Å². The van der Waals surface area contributed by atoms with Crippen LogP contribution < -0.4 is 9.80 Å². The van der Waals surface area contributed by atoms with Crippen LogP contribution in [0.15, 0.2) is 243 Å². The van der Waals surface area contributed by atoms with Crippen LogP contribution in [0.4, 0.5) is 34.1 Å². The van der Waals surface area contributed by atoms with E-state index in [1.54, 1.807) is 6.08 Å². The fourth-order valence-corrected chi connectivity index (χ4v) is 10.5. The molecule has 2 nitrogen and oxygen atoms in total. The number of allylic oxidation sites excluding steroid dienone is 3. The van der Waals surface area contributed by atoms with Crippen LogP contribution in [0, 0.1) is 13.8 Å². The van der Waals surface area contributed by atoms with Crippen molar-refractivity contribution in [1.29, 1.82) is 0 Å². The Hall–Kier alpha value is -7.50. The molecule has 0 saturated carbocycles. The molecule has 0 saturated heterocycles. The summed E-state index contributed by atoms with van der Waals surface area (Å²) in [5, 5.41) is 5.18. The maximum absolute atomic E-state index is 3.46. The quantitative estimate of drug-likeness (QED) is 0.140. The van der Waals surface area contributed by atoms with Crippen molar-refractivity contribution in [2.75, 3.05) is 9.80 Å². The van der Waals surface area contributed by atoms with E-state index in [0.29, 0.717) is 0 Å². The van der Waals surface area contributed by atoms with Crippen molar-refractivity contribution in [1.82, 2.24) is 0 Å². The number of hydrogen-bond donors (Lipinski definition) is 0. The Bertz CT molecular complexity index is 3380. The number of fused-ring (bicyclic) bond motifs is 6. The lowest BCUT2D eigenvalue weighted by molar-refractivity contribution is 1.23. The van der Waals surface area contributed by atoms with Crippen LogP contribution in [-0.2, 0) is 0 Å². The molecule has 0 N–H and O–H groups in total. The third-order valence-corrected chi connectivity index (χ3v) is 13.7. The second kappa shape index (κ2) is 19.9. The molecule has 0 spiro atoms. The largest absolute Gasteiger partial charge is 0.310 e. The highest BCUT2D eigenvalue weighted by Crippen LogP contribution is 2.45. The number of thiophene rings is 2. The van der Waals surface area contributed by atoms with Crippen molar-refractivity contribution in [3.05, 3.63) is 254 Å². The van der Waals surface area contributed by atoms with E-state index in [2.05, 4.69) is 230 Å².